The van der Waals surface area contributed by atoms with Crippen LogP contribution in [-0.2, 0) is 11.3 Å². The van der Waals surface area contributed by atoms with Gasteiger partial charge in [-0.25, -0.2) is 4.79 Å². The second-order valence-corrected chi connectivity index (χ2v) is 7.28. The third-order valence-corrected chi connectivity index (χ3v) is 4.84. The monoisotopic (exact) mass is 353 g/mol. The van der Waals surface area contributed by atoms with E-state index in [-0.39, 0.29) is 4.75 Å². The molecule has 0 radical (unpaired) electrons. The molecule has 1 aromatic rings. The first-order valence-corrected chi connectivity index (χ1v) is 8.84. The predicted molar refractivity (Wildman–Crippen MR) is 100 cm³/mol. The molecule has 0 aliphatic rings. The Morgan fingerprint density at radius 2 is 2.00 bits per heavy atom. The van der Waals surface area contributed by atoms with E-state index in [1.165, 1.54) is 14.2 Å². The van der Waals surface area contributed by atoms with Crippen LogP contribution in [-0.4, -0.2) is 50.7 Å². The molecule has 0 bridgehead atoms. The minimum Gasteiger partial charge on any atom is -0.496 e. The summed E-state index contributed by atoms with van der Waals surface area (Å²) in [7, 11) is 4.61. The van der Waals surface area contributed by atoms with Crippen LogP contribution in [0.3, 0.4) is 0 Å². The number of guanidine groups is 1. The van der Waals surface area contributed by atoms with Crippen LogP contribution in [0.4, 0.5) is 0 Å². The van der Waals surface area contributed by atoms with Crippen molar-refractivity contribution in [3.63, 3.8) is 0 Å². The number of hydrogen-bond donors (Lipinski definition) is 2. The molecule has 0 spiro atoms. The van der Waals surface area contributed by atoms with Crippen molar-refractivity contribution in [1.82, 2.24) is 10.6 Å². The molecule has 0 aromatic heterocycles. The van der Waals surface area contributed by atoms with Gasteiger partial charge in [-0.3, -0.25) is 4.99 Å². The maximum absolute atomic E-state index is 11.8. The Labute approximate surface area is 148 Å². The maximum atomic E-state index is 11.8. The third kappa shape index (κ3) is 5.96. The molecule has 2 N–H and O–H groups in total. The minimum atomic E-state index is -0.419. The van der Waals surface area contributed by atoms with Crippen LogP contribution in [0, 0.1) is 0 Å². The van der Waals surface area contributed by atoms with Crippen molar-refractivity contribution in [2.45, 2.75) is 25.1 Å². The van der Waals surface area contributed by atoms with Gasteiger partial charge in [0.2, 0.25) is 0 Å². The van der Waals surface area contributed by atoms with Crippen LogP contribution in [0.2, 0.25) is 0 Å². The lowest BCUT2D eigenvalue weighted by molar-refractivity contribution is 0.0597. The van der Waals surface area contributed by atoms with Crippen LogP contribution in [0.5, 0.6) is 5.75 Å². The van der Waals surface area contributed by atoms with Gasteiger partial charge in [0.15, 0.2) is 5.96 Å². The SMILES string of the molecule is CN=C(NCc1ccc(OC)c(C(=O)OC)c1)NCC(C)(C)SC. The first-order valence-electron chi connectivity index (χ1n) is 7.61. The van der Waals surface area contributed by atoms with E-state index in [1.54, 1.807) is 30.9 Å². The topological polar surface area (TPSA) is 72.0 Å². The number of methoxy groups -OCH3 is 2. The van der Waals surface area contributed by atoms with Gasteiger partial charge >= 0.3 is 5.97 Å². The van der Waals surface area contributed by atoms with E-state index in [9.17, 15) is 4.79 Å². The number of nitrogens with zero attached hydrogens (tertiary/aromatic N) is 1. The lowest BCUT2D eigenvalue weighted by Gasteiger charge is -2.23. The van der Waals surface area contributed by atoms with Crippen molar-refractivity contribution in [3.05, 3.63) is 29.3 Å². The highest BCUT2D eigenvalue weighted by Crippen LogP contribution is 2.21. The van der Waals surface area contributed by atoms with E-state index in [2.05, 4.69) is 35.7 Å². The fourth-order valence-electron chi connectivity index (χ4n) is 1.91. The minimum absolute atomic E-state index is 0.121. The summed E-state index contributed by atoms with van der Waals surface area (Å²) in [4.78, 5) is 16.0. The summed E-state index contributed by atoms with van der Waals surface area (Å²) in [5.74, 6) is 0.792. The molecular weight excluding hydrogens is 326 g/mol. The first kappa shape index (κ1) is 20.2. The number of carbonyl (C=O) groups excluding carboxylic acids is 1. The van der Waals surface area contributed by atoms with Gasteiger partial charge in [-0.05, 0) is 37.8 Å². The van der Waals surface area contributed by atoms with E-state index in [0.717, 1.165) is 12.1 Å². The summed E-state index contributed by atoms with van der Waals surface area (Å²) in [5, 5.41) is 6.54. The molecule has 0 aliphatic carbocycles. The van der Waals surface area contributed by atoms with Crippen molar-refractivity contribution in [2.24, 2.45) is 4.99 Å². The Kier molecular flexibility index (Phi) is 7.91. The lowest BCUT2D eigenvalue weighted by Crippen LogP contribution is -2.43. The largest absolute Gasteiger partial charge is 0.496 e. The van der Waals surface area contributed by atoms with Crippen LogP contribution < -0.4 is 15.4 Å². The van der Waals surface area contributed by atoms with Crippen molar-refractivity contribution in [3.8, 4) is 5.75 Å². The highest BCUT2D eigenvalue weighted by Gasteiger charge is 2.16. The van der Waals surface area contributed by atoms with Crippen molar-refractivity contribution < 1.29 is 14.3 Å². The molecule has 7 heteroatoms. The Balaban J connectivity index is 2.74. The van der Waals surface area contributed by atoms with E-state index in [4.69, 9.17) is 9.47 Å². The van der Waals surface area contributed by atoms with Gasteiger partial charge in [-0.15, -0.1) is 0 Å². The molecule has 24 heavy (non-hydrogen) atoms. The Hall–Kier alpha value is -1.89. The molecule has 1 aromatic carbocycles. The van der Waals surface area contributed by atoms with Crippen LogP contribution in [0.1, 0.15) is 29.8 Å². The molecule has 134 valence electrons. The van der Waals surface area contributed by atoms with E-state index >= 15 is 0 Å². The lowest BCUT2D eigenvalue weighted by atomic mass is 10.1. The zero-order valence-electron chi connectivity index (χ0n) is 15.2. The summed E-state index contributed by atoms with van der Waals surface area (Å²) in [6, 6.07) is 5.42. The van der Waals surface area contributed by atoms with Crippen LogP contribution >= 0.6 is 11.8 Å². The van der Waals surface area contributed by atoms with Crippen LogP contribution in [0.25, 0.3) is 0 Å². The third-order valence-electron chi connectivity index (χ3n) is 3.59. The average molecular weight is 353 g/mol. The number of rotatable bonds is 7. The van der Waals surface area contributed by atoms with E-state index < -0.39 is 5.97 Å². The summed E-state index contributed by atoms with van der Waals surface area (Å²) in [5.41, 5.74) is 1.34. The molecule has 0 fully saturated rings. The van der Waals surface area contributed by atoms with Crippen molar-refractivity contribution >= 4 is 23.7 Å². The smallest absolute Gasteiger partial charge is 0.341 e. The Morgan fingerprint density at radius 3 is 2.54 bits per heavy atom. The number of esters is 1. The summed E-state index contributed by atoms with van der Waals surface area (Å²) < 4.78 is 10.1. The number of thioether (sulfide) groups is 1. The normalized spacial score (nSPS) is 11.8. The van der Waals surface area contributed by atoms with Gasteiger partial charge in [-0.2, -0.15) is 11.8 Å². The van der Waals surface area contributed by atoms with Gasteiger partial charge in [0.25, 0.3) is 0 Å². The number of aliphatic imine (C=N–C) groups is 1. The molecule has 0 atom stereocenters. The average Bonchev–Trinajstić information content (AvgIpc) is 2.60. The van der Waals surface area contributed by atoms with Crippen molar-refractivity contribution in [2.75, 3.05) is 34.1 Å². The second-order valence-electron chi connectivity index (χ2n) is 5.77. The Morgan fingerprint density at radius 1 is 1.29 bits per heavy atom. The molecule has 0 aliphatic heterocycles. The predicted octanol–water partition coefficient (Wildman–Crippen LogP) is 2.29. The highest BCUT2D eigenvalue weighted by molar-refractivity contribution is 7.99. The molecular formula is C17H27N3O3S. The van der Waals surface area contributed by atoms with E-state index in [0.29, 0.717) is 23.8 Å². The maximum Gasteiger partial charge on any atom is 0.341 e. The number of nitrogens with one attached hydrogen (secondary N) is 2. The fraction of sp³-hybridized carbons (Fsp3) is 0.529. The molecule has 0 saturated carbocycles. The second kappa shape index (κ2) is 9.42. The number of carbonyl (C=O) groups is 1. The first-order chi connectivity index (χ1) is 11.4. The van der Waals surface area contributed by atoms with Gasteiger partial charge < -0.3 is 20.1 Å². The van der Waals surface area contributed by atoms with Gasteiger partial charge in [0.05, 0.1) is 14.2 Å². The molecule has 1 rings (SSSR count). The standard InChI is InChI=1S/C17H27N3O3S/c1-17(2,24-6)11-20-16(18-3)19-10-12-7-8-14(22-4)13(9-12)15(21)23-5/h7-9H,10-11H2,1-6H3,(H2,18,19,20). The molecule has 0 amide bonds. The van der Waals surface area contributed by atoms with Gasteiger partial charge in [0, 0.05) is 24.9 Å². The molecule has 0 saturated heterocycles. The zero-order valence-corrected chi connectivity index (χ0v) is 16.0. The van der Waals surface area contributed by atoms with Gasteiger partial charge in [-0.1, -0.05) is 6.07 Å². The van der Waals surface area contributed by atoms with Crippen LogP contribution in [0.15, 0.2) is 23.2 Å². The zero-order chi connectivity index (χ0) is 18.2. The quantitative estimate of drug-likeness (QED) is 0.445. The fourth-order valence-corrected chi connectivity index (χ4v) is 2.13. The summed E-state index contributed by atoms with van der Waals surface area (Å²) in [6.45, 7) is 5.67. The van der Waals surface area contributed by atoms with Crippen molar-refractivity contribution in [1.29, 1.82) is 0 Å². The molecule has 0 unspecified atom stereocenters. The number of benzene rings is 1. The Bertz CT molecular complexity index is 588. The molecule has 0 heterocycles. The molecule has 6 nitrogen and oxygen atoms in total. The van der Waals surface area contributed by atoms with E-state index in [1.807, 2.05) is 6.07 Å². The highest BCUT2D eigenvalue weighted by atomic mass is 32.2. The summed E-state index contributed by atoms with van der Waals surface area (Å²) in [6.07, 6.45) is 2.09. The number of ether oxygens (including phenoxy) is 2. The summed E-state index contributed by atoms with van der Waals surface area (Å²) >= 11 is 1.80. The van der Waals surface area contributed by atoms with Gasteiger partial charge in [0.1, 0.15) is 11.3 Å². The number of hydrogen-bond acceptors (Lipinski definition) is 5.